The standard InChI is InChI=1S/C17H17FN2.C16H25N3O2/c1-12-11-15(9-10-16(12)18)17(19-3)20-13(2)14-7-5-4-6-8-14;1-6-14(12-15(21-5)13-17(3)4)18-8-10-19(11-9-18)16(20)7-2/h4-11H,1-3H3;1,12-13H,7-11H2,2-5H3/b;14-12+,15-13+. The number of aryl methyl sites for hydroxylation is 1. The number of terminal acetylenes is 1. The van der Waals surface area contributed by atoms with Crippen molar-refractivity contribution in [2.24, 2.45) is 9.98 Å². The van der Waals surface area contributed by atoms with Crippen LogP contribution in [0.15, 0.2) is 82.2 Å². The van der Waals surface area contributed by atoms with Crippen LogP contribution in [0.1, 0.15) is 37.0 Å². The Balaban J connectivity index is 0.000000287. The Hall–Kier alpha value is -4.38. The van der Waals surface area contributed by atoms with Gasteiger partial charge < -0.3 is 19.4 Å². The van der Waals surface area contributed by atoms with Gasteiger partial charge in [-0.2, -0.15) is 0 Å². The molecule has 0 atom stereocenters. The van der Waals surface area contributed by atoms with Crippen molar-refractivity contribution >= 4 is 17.5 Å². The summed E-state index contributed by atoms with van der Waals surface area (Å²) in [6.07, 6.45) is 9.90. The second-order valence-corrected chi connectivity index (χ2v) is 9.67. The number of amidine groups is 1. The first kappa shape index (κ1) is 32.8. The number of hydrogen-bond acceptors (Lipinski definition) is 5. The summed E-state index contributed by atoms with van der Waals surface area (Å²) >= 11 is 0. The molecular weight excluding hydrogens is 517 g/mol. The minimum Gasteiger partial charge on any atom is -0.495 e. The lowest BCUT2D eigenvalue weighted by Crippen LogP contribution is -2.47. The molecule has 8 heteroatoms. The summed E-state index contributed by atoms with van der Waals surface area (Å²) in [7, 11) is 7.17. The van der Waals surface area contributed by atoms with Crippen molar-refractivity contribution in [2.75, 3.05) is 54.4 Å². The molecule has 0 aliphatic carbocycles. The van der Waals surface area contributed by atoms with Gasteiger partial charge in [0.15, 0.2) is 5.84 Å². The van der Waals surface area contributed by atoms with Gasteiger partial charge in [-0.15, -0.1) is 6.42 Å². The van der Waals surface area contributed by atoms with E-state index in [9.17, 15) is 9.18 Å². The number of nitrogens with zero attached hydrogens (tertiary/aromatic N) is 5. The van der Waals surface area contributed by atoms with Crippen molar-refractivity contribution in [1.29, 1.82) is 0 Å². The number of benzene rings is 2. The quantitative estimate of drug-likeness (QED) is 0.155. The fraction of sp³-hybridized carbons (Fsp3) is 0.364. The Morgan fingerprint density at radius 3 is 2.24 bits per heavy atom. The van der Waals surface area contributed by atoms with Gasteiger partial charge in [-0.3, -0.25) is 9.79 Å². The number of aliphatic imine (C=N–C) groups is 2. The Kier molecular flexibility index (Phi) is 13.3. The molecule has 0 aromatic heterocycles. The molecule has 1 aliphatic heterocycles. The van der Waals surface area contributed by atoms with Gasteiger partial charge in [0, 0.05) is 77.3 Å². The molecule has 0 saturated carbocycles. The fourth-order valence-corrected chi connectivity index (χ4v) is 4.11. The summed E-state index contributed by atoms with van der Waals surface area (Å²) in [5, 5.41) is 0. The van der Waals surface area contributed by atoms with Gasteiger partial charge in [-0.1, -0.05) is 43.2 Å². The highest BCUT2D eigenvalue weighted by atomic mass is 19.1. The summed E-state index contributed by atoms with van der Waals surface area (Å²) in [6.45, 7) is 8.49. The van der Waals surface area contributed by atoms with Gasteiger partial charge >= 0.3 is 0 Å². The van der Waals surface area contributed by atoms with Crippen LogP contribution in [0.5, 0.6) is 0 Å². The van der Waals surface area contributed by atoms with Crippen LogP contribution in [-0.2, 0) is 9.53 Å². The second kappa shape index (κ2) is 16.7. The van der Waals surface area contributed by atoms with Gasteiger partial charge in [0.1, 0.15) is 11.6 Å². The average Bonchev–Trinajstić information content (AvgIpc) is 2.99. The molecule has 1 heterocycles. The van der Waals surface area contributed by atoms with Crippen molar-refractivity contribution in [3.63, 3.8) is 0 Å². The van der Waals surface area contributed by atoms with Crippen molar-refractivity contribution in [3.8, 4) is 12.3 Å². The highest BCUT2D eigenvalue weighted by Crippen LogP contribution is 2.14. The highest BCUT2D eigenvalue weighted by Gasteiger charge is 2.21. The molecule has 1 amide bonds. The molecule has 0 radical (unpaired) electrons. The van der Waals surface area contributed by atoms with E-state index in [1.165, 1.54) is 6.07 Å². The van der Waals surface area contributed by atoms with Crippen molar-refractivity contribution in [3.05, 3.63) is 94.8 Å². The monoisotopic (exact) mass is 559 g/mol. The predicted molar refractivity (Wildman–Crippen MR) is 166 cm³/mol. The molecule has 1 saturated heterocycles. The van der Waals surface area contributed by atoms with E-state index in [0.29, 0.717) is 36.7 Å². The van der Waals surface area contributed by atoms with Gasteiger partial charge in [0.2, 0.25) is 5.91 Å². The molecule has 0 unspecified atom stereocenters. The topological polar surface area (TPSA) is 60.7 Å². The number of amides is 1. The maximum absolute atomic E-state index is 13.3. The maximum Gasteiger partial charge on any atom is 0.222 e. The van der Waals surface area contributed by atoms with Crippen LogP contribution >= 0.6 is 0 Å². The predicted octanol–water partition coefficient (Wildman–Crippen LogP) is 5.13. The van der Waals surface area contributed by atoms with E-state index in [-0.39, 0.29) is 11.7 Å². The number of methoxy groups -OCH3 is 1. The third-order valence-electron chi connectivity index (χ3n) is 6.42. The zero-order valence-electron chi connectivity index (χ0n) is 25.3. The molecule has 0 bridgehead atoms. The van der Waals surface area contributed by atoms with Gasteiger partial charge in [-0.05, 0) is 43.2 Å². The van der Waals surface area contributed by atoms with Gasteiger partial charge in [0.05, 0.1) is 12.8 Å². The summed E-state index contributed by atoms with van der Waals surface area (Å²) in [6, 6.07) is 14.8. The third kappa shape index (κ3) is 10.3. The molecule has 7 nitrogen and oxygen atoms in total. The SMILES string of the molecule is C#C/C(=C\C(=C/N(C)C)OC)N1CCN(C(=O)CC)CC1.CN=C(N=C(C)c1ccccc1)c1ccc(F)c(C)c1. The number of piperazine rings is 1. The summed E-state index contributed by atoms with van der Waals surface area (Å²) in [5.41, 5.74) is 4.13. The minimum atomic E-state index is -0.215. The summed E-state index contributed by atoms with van der Waals surface area (Å²) in [5.74, 6) is 4.01. The average molecular weight is 560 g/mol. The van der Waals surface area contributed by atoms with E-state index in [1.54, 1.807) is 33.2 Å². The fourth-order valence-electron chi connectivity index (χ4n) is 4.11. The van der Waals surface area contributed by atoms with Crippen LogP contribution in [0.2, 0.25) is 0 Å². The minimum absolute atomic E-state index is 0.200. The lowest BCUT2D eigenvalue weighted by Gasteiger charge is -2.36. The first-order chi connectivity index (χ1) is 19.6. The number of halogens is 1. The van der Waals surface area contributed by atoms with Crippen molar-refractivity contribution in [2.45, 2.75) is 27.2 Å². The van der Waals surface area contributed by atoms with Crippen LogP contribution in [0.25, 0.3) is 0 Å². The molecule has 0 spiro atoms. The summed E-state index contributed by atoms with van der Waals surface area (Å²) < 4.78 is 18.6. The maximum atomic E-state index is 13.3. The lowest BCUT2D eigenvalue weighted by atomic mass is 10.1. The Labute approximate surface area is 244 Å². The van der Waals surface area contributed by atoms with E-state index in [2.05, 4.69) is 20.8 Å². The van der Waals surface area contributed by atoms with E-state index in [4.69, 9.17) is 11.2 Å². The van der Waals surface area contributed by atoms with Crippen LogP contribution in [0.3, 0.4) is 0 Å². The zero-order chi connectivity index (χ0) is 30.4. The number of allylic oxidation sites excluding steroid dienone is 2. The molecule has 41 heavy (non-hydrogen) atoms. The molecule has 2 aromatic rings. The Morgan fingerprint density at radius 2 is 1.73 bits per heavy atom. The molecule has 3 rings (SSSR count). The normalized spacial score (nSPS) is 14.6. The smallest absolute Gasteiger partial charge is 0.222 e. The lowest BCUT2D eigenvalue weighted by molar-refractivity contribution is -0.132. The Morgan fingerprint density at radius 1 is 1.10 bits per heavy atom. The molecule has 1 fully saturated rings. The number of ether oxygens (including phenoxy) is 1. The van der Waals surface area contributed by atoms with E-state index >= 15 is 0 Å². The molecule has 2 aromatic carbocycles. The van der Waals surface area contributed by atoms with Crippen molar-refractivity contribution in [1.82, 2.24) is 14.7 Å². The molecule has 0 N–H and O–H groups in total. The van der Waals surface area contributed by atoms with Crippen LogP contribution < -0.4 is 0 Å². The number of carbonyl (C=O) groups is 1. The zero-order valence-corrected chi connectivity index (χ0v) is 25.3. The Bertz CT molecular complexity index is 1310. The van der Waals surface area contributed by atoms with Crippen LogP contribution in [0.4, 0.5) is 4.39 Å². The van der Waals surface area contributed by atoms with E-state index < -0.39 is 0 Å². The first-order valence-electron chi connectivity index (χ1n) is 13.6. The van der Waals surface area contributed by atoms with E-state index in [0.717, 1.165) is 35.6 Å². The molecular formula is C33H42FN5O2. The van der Waals surface area contributed by atoms with Crippen LogP contribution in [0, 0.1) is 25.1 Å². The largest absolute Gasteiger partial charge is 0.495 e. The highest BCUT2D eigenvalue weighted by molar-refractivity contribution is 6.11. The van der Waals surface area contributed by atoms with Crippen LogP contribution in [-0.4, -0.2) is 86.6 Å². The molecule has 1 aliphatic rings. The van der Waals surface area contributed by atoms with Crippen molar-refractivity contribution < 1.29 is 13.9 Å². The van der Waals surface area contributed by atoms with E-state index in [1.807, 2.05) is 80.4 Å². The summed E-state index contributed by atoms with van der Waals surface area (Å²) in [4.78, 5) is 26.3. The molecule has 218 valence electrons. The van der Waals surface area contributed by atoms with Gasteiger partial charge in [-0.25, -0.2) is 9.38 Å². The number of carbonyl (C=O) groups excluding carboxylic acids is 1. The first-order valence-corrected chi connectivity index (χ1v) is 13.6. The third-order valence-corrected chi connectivity index (χ3v) is 6.42. The second-order valence-electron chi connectivity index (χ2n) is 9.67. The number of rotatable bonds is 7. The number of hydrogen-bond donors (Lipinski definition) is 0. The van der Waals surface area contributed by atoms with Gasteiger partial charge in [0.25, 0.3) is 0 Å².